The van der Waals surface area contributed by atoms with Crippen molar-refractivity contribution in [2.24, 2.45) is 11.5 Å². The maximum absolute atomic E-state index is 12.7. The van der Waals surface area contributed by atoms with Gasteiger partial charge >= 0.3 is 5.97 Å². The van der Waals surface area contributed by atoms with Crippen molar-refractivity contribution >= 4 is 23.7 Å². The summed E-state index contributed by atoms with van der Waals surface area (Å²) in [6, 6.07) is -3.56. The average molecular weight is 474 g/mol. The number of carbonyl (C=O) groups excluding carboxylic acids is 3. The number of carboxylic acid groups (broad SMARTS) is 1. The molecule has 0 bridgehead atoms. The van der Waals surface area contributed by atoms with Crippen LogP contribution in [0.2, 0.25) is 0 Å². The Bertz CT molecular complexity index is 602. The van der Waals surface area contributed by atoms with E-state index in [4.69, 9.17) is 11.5 Å². The van der Waals surface area contributed by atoms with E-state index < -0.39 is 42.0 Å². The van der Waals surface area contributed by atoms with Gasteiger partial charge in [-0.1, -0.05) is 39.0 Å². The highest BCUT2D eigenvalue weighted by Gasteiger charge is 2.31. The second kappa shape index (κ2) is 18.2. The molecule has 0 aromatic rings. The van der Waals surface area contributed by atoms with Gasteiger partial charge in [-0.25, -0.2) is 4.79 Å². The number of nitrogens with one attached hydrogen (secondary N) is 3. The van der Waals surface area contributed by atoms with E-state index in [0.29, 0.717) is 12.8 Å². The van der Waals surface area contributed by atoms with E-state index in [1.807, 2.05) is 0 Å². The second-order valence-corrected chi connectivity index (χ2v) is 8.27. The Morgan fingerprint density at radius 3 is 1.97 bits per heavy atom. The van der Waals surface area contributed by atoms with E-state index in [9.17, 15) is 29.4 Å². The van der Waals surface area contributed by atoms with Crippen LogP contribution in [0.3, 0.4) is 0 Å². The number of aliphatic carboxylic acids is 1. The molecule has 0 aromatic carbocycles. The van der Waals surface area contributed by atoms with Gasteiger partial charge in [0.25, 0.3) is 0 Å². The fourth-order valence-corrected chi connectivity index (χ4v) is 3.27. The number of aliphatic hydroxyl groups is 1. The predicted molar refractivity (Wildman–Crippen MR) is 125 cm³/mol. The molecular weight excluding hydrogens is 430 g/mol. The first-order valence-electron chi connectivity index (χ1n) is 11.9. The zero-order valence-corrected chi connectivity index (χ0v) is 20.0. The maximum Gasteiger partial charge on any atom is 0.326 e. The molecule has 0 radical (unpaired) electrons. The van der Waals surface area contributed by atoms with Crippen molar-refractivity contribution in [3.05, 3.63) is 0 Å². The molecule has 0 saturated carbocycles. The molecule has 33 heavy (non-hydrogen) atoms. The lowest BCUT2D eigenvalue weighted by Gasteiger charge is -2.26. The zero-order valence-electron chi connectivity index (χ0n) is 20.0. The average Bonchev–Trinajstić information content (AvgIpc) is 2.76. The van der Waals surface area contributed by atoms with Crippen LogP contribution in [-0.4, -0.2) is 71.2 Å². The maximum atomic E-state index is 12.7. The van der Waals surface area contributed by atoms with Crippen LogP contribution in [0.1, 0.15) is 78.1 Å². The Morgan fingerprint density at radius 1 is 0.788 bits per heavy atom. The molecule has 0 fully saturated rings. The molecule has 192 valence electrons. The van der Waals surface area contributed by atoms with Crippen LogP contribution in [0.15, 0.2) is 0 Å². The molecule has 0 aromatic heterocycles. The molecule has 0 rings (SSSR count). The van der Waals surface area contributed by atoms with Crippen LogP contribution < -0.4 is 27.4 Å². The van der Waals surface area contributed by atoms with E-state index in [1.165, 1.54) is 13.3 Å². The van der Waals surface area contributed by atoms with Gasteiger partial charge in [-0.05, 0) is 45.7 Å². The monoisotopic (exact) mass is 473 g/mol. The number of hydrogen-bond donors (Lipinski definition) is 7. The third kappa shape index (κ3) is 13.8. The van der Waals surface area contributed by atoms with Gasteiger partial charge in [-0.15, -0.1) is 0 Å². The lowest BCUT2D eigenvalue weighted by Crippen LogP contribution is -2.59. The van der Waals surface area contributed by atoms with Crippen LogP contribution in [0, 0.1) is 0 Å². The Kier molecular flexibility index (Phi) is 17.0. The van der Waals surface area contributed by atoms with E-state index in [2.05, 4.69) is 22.9 Å². The van der Waals surface area contributed by atoms with E-state index in [0.717, 1.165) is 25.7 Å². The summed E-state index contributed by atoms with van der Waals surface area (Å²) >= 11 is 0. The Morgan fingerprint density at radius 2 is 1.42 bits per heavy atom. The Balaban J connectivity index is 4.92. The minimum absolute atomic E-state index is 0.113. The highest BCUT2D eigenvalue weighted by molar-refractivity contribution is 5.93. The second-order valence-electron chi connectivity index (χ2n) is 8.27. The largest absolute Gasteiger partial charge is 0.480 e. The minimum Gasteiger partial charge on any atom is -0.480 e. The van der Waals surface area contributed by atoms with Crippen LogP contribution in [0.25, 0.3) is 0 Å². The third-order valence-corrected chi connectivity index (χ3v) is 5.24. The van der Waals surface area contributed by atoms with Crippen LogP contribution >= 0.6 is 0 Å². The number of unbranched alkanes of at least 4 members (excludes halogenated alkanes) is 5. The van der Waals surface area contributed by atoms with Gasteiger partial charge in [0.15, 0.2) is 0 Å². The Labute approximate surface area is 196 Å². The van der Waals surface area contributed by atoms with Crippen molar-refractivity contribution < 1.29 is 29.4 Å². The van der Waals surface area contributed by atoms with Gasteiger partial charge in [0.05, 0.1) is 6.10 Å². The first-order chi connectivity index (χ1) is 15.7. The molecule has 11 nitrogen and oxygen atoms in total. The van der Waals surface area contributed by atoms with Crippen molar-refractivity contribution in [1.29, 1.82) is 0 Å². The fourth-order valence-electron chi connectivity index (χ4n) is 3.27. The summed E-state index contributed by atoms with van der Waals surface area (Å²) in [4.78, 5) is 48.9. The number of aliphatic hydroxyl groups excluding tert-OH is 1. The Hall–Kier alpha value is -2.24. The van der Waals surface area contributed by atoms with Crippen molar-refractivity contribution in [2.45, 2.75) is 102 Å². The van der Waals surface area contributed by atoms with Crippen LogP contribution in [-0.2, 0) is 19.2 Å². The summed E-state index contributed by atoms with van der Waals surface area (Å²) in [6.45, 7) is 3.82. The third-order valence-electron chi connectivity index (χ3n) is 5.24. The number of nitrogens with two attached hydrogens (primary N) is 2. The number of amides is 3. The van der Waals surface area contributed by atoms with Crippen LogP contribution in [0.4, 0.5) is 0 Å². The summed E-state index contributed by atoms with van der Waals surface area (Å²) in [5.41, 5.74) is 11.0. The quantitative estimate of drug-likeness (QED) is 0.125. The van der Waals surface area contributed by atoms with Crippen LogP contribution in [0.5, 0.6) is 0 Å². The molecule has 0 heterocycles. The van der Waals surface area contributed by atoms with Crippen molar-refractivity contribution in [3.63, 3.8) is 0 Å². The molecule has 3 amide bonds. The molecule has 0 saturated heterocycles. The molecule has 0 aliphatic rings. The highest BCUT2D eigenvalue weighted by Crippen LogP contribution is 2.07. The summed E-state index contributed by atoms with van der Waals surface area (Å²) in [5, 5.41) is 26.6. The van der Waals surface area contributed by atoms with Gasteiger partial charge in [-0.2, -0.15) is 0 Å². The summed E-state index contributed by atoms with van der Waals surface area (Å²) in [7, 11) is 0. The SMILES string of the molecule is CCCCCCCCC(=O)N[C@@H](CCN)C(=O)N[C@H](C(=O)N[C@@H](CCCN)C(=O)O)[C@@H](C)O. The van der Waals surface area contributed by atoms with Crippen molar-refractivity contribution in [3.8, 4) is 0 Å². The van der Waals surface area contributed by atoms with Crippen molar-refractivity contribution in [1.82, 2.24) is 16.0 Å². The van der Waals surface area contributed by atoms with Gasteiger partial charge in [0.2, 0.25) is 17.7 Å². The highest BCUT2D eigenvalue weighted by atomic mass is 16.4. The molecule has 0 aliphatic heterocycles. The van der Waals surface area contributed by atoms with Gasteiger partial charge in [0, 0.05) is 6.42 Å². The minimum atomic E-state index is -1.40. The predicted octanol–water partition coefficient (Wildman–Crippen LogP) is -0.255. The number of carboxylic acids is 1. The normalized spacial score (nSPS) is 14.6. The van der Waals surface area contributed by atoms with Gasteiger partial charge in [0.1, 0.15) is 18.1 Å². The first kappa shape index (κ1) is 30.8. The molecule has 0 unspecified atom stereocenters. The van der Waals surface area contributed by atoms with Gasteiger partial charge in [-0.3, -0.25) is 14.4 Å². The van der Waals surface area contributed by atoms with E-state index in [1.54, 1.807) is 0 Å². The van der Waals surface area contributed by atoms with E-state index in [-0.39, 0.29) is 38.3 Å². The first-order valence-corrected chi connectivity index (χ1v) is 11.9. The topological polar surface area (TPSA) is 197 Å². The molecular formula is C22H43N5O6. The standard InChI is InChI=1S/C22H43N5O6/c1-3-4-5-6-7-8-11-18(29)25-16(12-14-24)20(30)27-19(15(2)28)21(31)26-17(22(32)33)10-9-13-23/h15-17,19,28H,3-14,23-24H2,1-2H3,(H,25,29)(H,26,31)(H,27,30)(H,32,33)/t15-,16+,17+,19+/m1/s1. The molecule has 9 N–H and O–H groups in total. The fraction of sp³-hybridized carbons (Fsp3) is 0.818. The van der Waals surface area contributed by atoms with Gasteiger partial charge < -0.3 is 37.6 Å². The van der Waals surface area contributed by atoms with E-state index >= 15 is 0 Å². The number of carbonyl (C=O) groups is 4. The smallest absolute Gasteiger partial charge is 0.326 e. The molecule has 4 atom stereocenters. The summed E-state index contributed by atoms with van der Waals surface area (Å²) < 4.78 is 0. The van der Waals surface area contributed by atoms with Crippen molar-refractivity contribution in [2.75, 3.05) is 13.1 Å². The zero-order chi connectivity index (χ0) is 25.2. The summed E-state index contributed by atoms with van der Waals surface area (Å²) in [6.07, 6.45) is 5.78. The number of rotatable bonds is 19. The molecule has 0 aliphatic carbocycles. The summed E-state index contributed by atoms with van der Waals surface area (Å²) in [5.74, 6) is -3.04. The lowest BCUT2D eigenvalue weighted by molar-refractivity contribution is -0.143. The molecule has 11 heteroatoms. The number of hydrogen-bond acceptors (Lipinski definition) is 7. The lowest BCUT2D eigenvalue weighted by atomic mass is 10.1. The molecule has 0 spiro atoms.